The lowest BCUT2D eigenvalue weighted by Gasteiger charge is -2.11. The molecule has 3 N–H and O–H groups in total. The SMILES string of the molecule is CCCc1nccn1-c1c(F)cc(/C(N)=N/O)cc1F. The van der Waals surface area contributed by atoms with Crippen molar-refractivity contribution in [3.63, 3.8) is 0 Å². The Hall–Kier alpha value is -2.44. The lowest BCUT2D eigenvalue weighted by atomic mass is 10.1. The number of aromatic nitrogens is 2. The first kappa shape index (κ1) is 14.0. The zero-order valence-electron chi connectivity index (χ0n) is 10.8. The standard InChI is InChI=1S/C13H14F2N4O/c1-2-3-11-17-4-5-19(11)12-9(14)6-8(7-10(12)15)13(16)18-20/h4-7,20H,2-3H2,1H3,(H2,16,18). The maximum atomic E-state index is 14.1. The van der Waals surface area contributed by atoms with Crippen LogP contribution in [0.5, 0.6) is 0 Å². The van der Waals surface area contributed by atoms with Crippen LogP contribution in [0.4, 0.5) is 8.78 Å². The van der Waals surface area contributed by atoms with E-state index in [0.717, 1.165) is 18.6 Å². The fourth-order valence-corrected chi connectivity index (χ4v) is 1.95. The summed E-state index contributed by atoms with van der Waals surface area (Å²) in [4.78, 5) is 4.08. The molecule has 0 unspecified atom stereocenters. The van der Waals surface area contributed by atoms with Gasteiger partial charge in [-0.25, -0.2) is 13.8 Å². The van der Waals surface area contributed by atoms with E-state index in [9.17, 15) is 8.78 Å². The molecule has 0 amide bonds. The second-order valence-corrected chi connectivity index (χ2v) is 4.24. The van der Waals surface area contributed by atoms with Gasteiger partial charge in [0.05, 0.1) is 0 Å². The van der Waals surface area contributed by atoms with Gasteiger partial charge in [0.25, 0.3) is 0 Å². The van der Waals surface area contributed by atoms with Crippen LogP contribution in [-0.2, 0) is 6.42 Å². The Labute approximate surface area is 114 Å². The van der Waals surface area contributed by atoms with Gasteiger partial charge in [-0.1, -0.05) is 12.1 Å². The van der Waals surface area contributed by atoms with Crippen molar-refractivity contribution in [3.8, 4) is 5.69 Å². The molecule has 1 aromatic heterocycles. The highest BCUT2D eigenvalue weighted by molar-refractivity contribution is 5.97. The molecule has 0 saturated carbocycles. The summed E-state index contributed by atoms with van der Waals surface area (Å²) in [5.41, 5.74) is 5.08. The average molecular weight is 280 g/mol. The van der Waals surface area contributed by atoms with Gasteiger partial charge in [-0.15, -0.1) is 0 Å². The molecule has 1 heterocycles. The van der Waals surface area contributed by atoms with Crippen LogP contribution < -0.4 is 5.73 Å². The van der Waals surface area contributed by atoms with Crippen LogP contribution in [0.1, 0.15) is 24.7 Å². The van der Waals surface area contributed by atoms with Gasteiger partial charge in [-0.3, -0.25) is 4.57 Å². The number of rotatable bonds is 4. The van der Waals surface area contributed by atoms with Gasteiger partial charge in [-0.05, 0) is 18.6 Å². The van der Waals surface area contributed by atoms with E-state index in [-0.39, 0.29) is 17.1 Å². The molecule has 0 saturated heterocycles. The molecular weight excluding hydrogens is 266 g/mol. The van der Waals surface area contributed by atoms with E-state index < -0.39 is 11.6 Å². The lowest BCUT2D eigenvalue weighted by molar-refractivity contribution is 0.318. The molecule has 5 nitrogen and oxygen atoms in total. The Morgan fingerprint density at radius 2 is 2.05 bits per heavy atom. The van der Waals surface area contributed by atoms with E-state index in [1.807, 2.05) is 6.92 Å². The minimum atomic E-state index is -0.804. The Morgan fingerprint density at radius 1 is 1.40 bits per heavy atom. The van der Waals surface area contributed by atoms with E-state index in [0.29, 0.717) is 12.2 Å². The summed E-state index contributed by atoms with van der Waals surface area (Å²) < 4.78 is 29.6. The summed E-state index contributed by atoms with van der Waals surface area (Å²) in [5.74, 6) is -1.39. The maximum absolute atomic E-state index is 14.1. The van der Waals surface area contributed by atoms with Gasteiger partial charge >= 0.3 is 0 Å². The van der Waals surface area contributed by atoms with Crippen molar-refractivity contribution in [1.82, 2.24) is 9.55 Å². The highest BCUT2D eigenvalue weighted by atomic mass is 19.1. The summed E-state index contributed by atoms with van der Waals surface area (Å²) in [7, 11) is 0. The van der Waals surface area contributed by atoms with Crippen molar-refractivity contribution in [2.75, 3.05) is 0 Å². The number of nitrogens with two attached hydrogens (primary N) is 1. The summed E-state index contributed by atoms with van der Waals surface area (Å²) in [6.07, 6.45) is 4.40. The predicted octanol–water partition coefficient (Wildman–Crippen LogP) is 2.20. The van der Waals surface area contributed by atoms with Crippen molar-refractivity contribution in [3.05, 3.63) is 47.5 Å². The van der Waals surface area contributed by atoms with Crippen molar-refractivity contribution in [2.45, 2.75) is 19.8 Å². The number of oxime groups is 1. The van der Waals surface area contributed by atoms with Crippen LogP contribution in [0, 0.1) is 11.6 Å². The van der Waals surface area contributed by atoms with Crippen LogP contribution in [0.25, 0.3) is 5.69 Å². The van der Waals surface area contributed by atoms with Crippen molar-refractivity contribution in [1.29, 1.82) is 0 Å². The zero-order valence-corrected chi connectivity index (χ0v) is 10.8. The van der Waals surface area contributed by atoms with Gasteiger partial charge in [-0.2, -0.15) is 0 Å². The Balaban J connectivity index is 2.55. The molecule has 0 bridgehead atoms. The molecule has 2 aromatic rings. The Morgan fingerprint density at radius 3 is 2.60 bits per heavy atom. The molecule has 0 fully saturated rings. The molecule has 0 radical (unpaired) electrons. The van der Waals surface area contributed by atoms with Gasteiger partial charge in [0.1, 0.15) is 11.5 Å². The van der Waals surface area contributed by atoms with E-state index in [4.69, 9.17) is 10.9 Å². The fourth-order valence-electron chi connectivity index (χ4n) is 1.95. The van der Waals surface area contributed by atoms with Crippen molar-refractivity contribution in [2.24, 2.45) is 10.9 Å². The van der Waals surface area contributed by atoms with Gasteiger partial charge in [0, 0.05) is 24.4 Å². The van der Waals surface area contributed by atoms with Crippen LogP contribution in [0.3, 0.4) is 0 Å². The highest BCUT2D eigenvalue weighted by Crippen LogP contribution is 2.21. The monoisotopic (exact) mass is 280 g/mol. The number of amidine groups is 1. The first-order chi connectivity index (χ1) is 9.58. The topological polar surface area (TPSA) is 76.4 Å². The van der Waals surface area contributed by atoms with Crippen molar-refractivity contribution < 1.29 is 14.0 Å². The molecule has 0 aliphatic heterocycles. The molecular formula is C13H14F2N4O. The van der Waals surface area contributed by atoms with E-state index >= 15 is 0 Å². The molecule has 20 heavy (non-hydrogen) atoms. The van der Waals surface area contributed by atoms with E-state index in [1.165, 1.54) is 17.0 Å². The summed E-state index contributed by atoms with van der Waals surface area (Å²) >= 11 is 0. The Bertz CT molecular complexity index is 629. The normalized spacial score (nSPS) is 11.8. The van der Waals surface area contributed by atoms with Crippen LogP contribution >= 0.6 is 0 Å². The molecule has 0 spiro atoms. The second-order valence-electron chi connectivity index (χ2n) is 4.24. The third-order valence-electron chi connectivity index (χ3n) is 2.85. The molecule has 0 aliphatic carbocycles. The number of benzene rings is 1. The van der Waals surface area contributed by atoms with E-state index in [1.54, 1.807) is 0 Å². The molecule has 7 heteroatoms. The first-order valence-corrected chi connectivity index (χ1v) is 6.08. The second kappa shape index (κ2) is 5.68. The molecule has 1 aromatic carbocycles. The molecule has 0 aliphatic rings. The quantitative estimate of drug-likeness (QED) is 0.390. The first-order valence-electron chi connectivity index (χ1n) is 6.08. The highest BCUT2D eigenvalue weighted by Gasteiger charge is 2.17. The number of hydrogen-bond acceptors (Lipinski definition) is 3. The van der Waals surface area contributed by atoms with Gasteiger partial charge in [0.2, 0.25) is 0 Å². The van der Waals surface area contributed by atoms with Crippen LogP contribution in [0.15, 0.2) is 29.7 Å². The number of hydrogen-bond donors (Lipinski definition) is 2. The lowest BCUT2D eigenvalue weighted by Crippen LogP contribution is -2.15. The fraction of sp³-hybridized carbons (Fsp3) is 0.231. The number of aryl methyl sites for hydroxylation is 1. The smallest absolute Gasteiger partial charge is 0.170 e. The molecule has 106 valence electrons. The summed E-state index contributed by atoms with van der Waals surface area (Å²) in [5, 5.41) is 11.3. The molecule has 2 rings (SSSR count). The predicted molar refractivity (Wildman–Crippen MR) is 70.0 cm³/mol. The van der Waals surface area contributed by atoms with E-state index in [2.05, 4.69) is 10.1 Å². The zero-order chi connectivity index (χ0) is 14.7. The van der Waals surface area contributed by atoms with Gasteiger partial charge in [0.15, 0.2) is 17.5 Å². The number of imidazole rings is 1. The number of halogens is 2. The van der Waals surface area contributed by atoms with Crippen molar-refractivity contribution >= 4 is 5.84 Å². The van der Waals surface area contributed by atoms with Gasteiger partial charge < -0.3 is 10.9 Å². The average Bonchev–Trinajstić information content (AvgIpc) is 2.85. The van der Waals surface area contributed by atoms with Crippen LogP contribution in [-0.4, -0.2) is 20.6 Å². The number of nitrogens with zero attached hydrogens (tertiary/aromatic N) is 3. The third kappa shape index (κ3) is 2.47. The third-order valence-corrected chi connectivity index (χ3v) is 2.85. The molecule has 0 atom stereocenters. The maximum Gasteiger partial charge on any atom is 0.170 e. The minimum absolute atomic E-state index is 0.0246. The Kier molecular flexibility index (Phi) is 3.97. The van der Waals surface area contributed by atoms with Crippen LogP contribution in [0.2, 0.25) is 0 Å². The summed E-state index contributed by atoms with van der Waals surface area (Å²) in [6.45, 7) is 1.95. The largest absolute Gasteiger partial charge is 0.409 e. The summed E-state index contributed by atoms with van der Waals surface area (Å²) in [6, 6.07) is 2.03. The minimum Gasteiger partial charge on any atom is -0.409 e.